The first-order chi connectivity index (χ1) is 9.13. The molecule has 19 heavy (non-hydrogen) atoms. The van der Waals surface area contributed by atoms with E-state index in [4.69, 9.17) is 9.25 Å². The molecule has 0 saturated heterocycles. The van der Waals surface area contributed by atoms with Gasteiger partial charge in [-0.2, -0.15) is 5.06 Å². The molecule has 2 aromatic rings. The lowest BCUT2D eigenvalue weighted by Crippen LogP contribution is -2.29. The molecule has 1 aromatic carbocycles. The molecule has 0 fully saturated rings. The van der Waals surface area contributed by atoms with Crippen molar-refractivity contribution in [1.82, 2.24) is 0 Å². The molecule has 0 saturated carbocycles. The number of hydroxylamine groups is 1. The molecule has 0 aliphatic heterocycles. The summed E-state index contributed by atoms with van der Waals surface area (Å²) in [4.78, 5) is 17.3. The third-order valence-corrected chi connectivity index (χ3v) is 2.89. The Kier molecular flexibility index (Phi) is 4.02. The fourth-order valence-corrected chi connectivity index (χ4v) is 1.80. The number of benzene rings is 1. The number of anilines is 1. The number of furan rings is 1. The molecule has 1 heterocycles. The Bertz CT molecular complexity index is 529. The van der Waals surface area contributed by atoms with Crippen LogP contribution in [0.15, 0.2) is 47.1 Å². The Hall–Kier alpha value is -2.07. The summed E-state index contributed by atoms with van der Waals surface area (Å²) in [5.41, 5.74) is 1.89. The number of hydrogen-bond donors (Lipinski definition) is 0. The van der Waals surface area contributed by atoms with Gasteiger partial charge in [0, 0.05) is 0 Å². The zero-order valence-corrected chi connectivity index (χ0v) is 11.3. The van der Waals surface area contributed by atoms with Gasteiger partial charge in [0.2, 0.25) is 0 Å². The number of amides is 1. The third kappa shape index (κ3) is 2.85. The summed E-state index contributed by atoms with van der Waals surface area (Å²) in [5, 5.41) is 1.21. The van der Waals surface area contributed by atoms with E-state index < -0.39 is 0 Å². The highest BCUT2D eigenvalue weighted by Gasteiger charge is 2.20. The van der Waals surface area contributed by atoms with Gasteiger partial charge >= 0.3 is 5.91 Å². The highest BCUT2D eigenvalue weighted by molar-refractivity contribution is 6.02. The standard InChI is InChI=1S/C15H17NO3/c1-11(2)12-6-8-13(9-7-12)16(18-3)15(17)14-5-4-10-19-14/h4-11H,1-3H3. The van der Waals surface area contributed by atoms with Crippen molar-refractivity contribution in [2.45, 2.75) is 19.8 Å². The Morgan fingerprint density at radius 1 is 1.21 bits per heavy atom. The predicted molar refractivity (Wildman–Crippen MR) is 73.1 cm³/mol. The Morgan fingerprint density at radius 3 is 2.37 bits per heavy atom. The lowest BCUT2D eigenvalue weighted by Gasteiger charge is -2.19. The van der Waals surface area contributed by atoms with Gasteiger partial charge in [-0.3, -0.25) is 9.63 Å². The van der Waals surface area contributed by atoms with Gasteiger partial charge in [-0.05, 0) is 35.7 Å². The van der Waals surface area contributed by atoms with E-state index in [-0.39, 0.29) is 11.7 Å². The molecule has 0 bridgehead atoms. The molecule has 4 nitrogen and oxygen atoms in total. The summed E-state index contributed by atoms with van der Waals surface area (Å²) < 4.78 is 5.09. The van der Waals surface area contributed by atoms with Crippen LogP contribution in [0, 0.1) is 0 Å². The first kappa shape index (κ1) is 13.4. The third-order valence-electron chi connectivity index (χ3n) is 2.89. The summed E-state index contributed by atoms with van der Waals surface area (Å²) in [6.45, 7) is 4.24. The molecule has 0 radical (unpaired) electrons. The maximum absolute atomic E-state index is 12.2. The van der Waals surface area contributed by atoms with Crippen LogP contribution in [0.5, 0.6) is 0 Å². The number of hydrogen-bond acceptors (Lipinski definition) is 3. The monoisotopic (exact) mass is 259 g/mol. The minimum absolute atomic E-state index is 0.245. The molecule has 2 rings (SSSR count). The second-order valence-corrected chi connectivity index (χ2v) is 4.51. The van der Waals surface area contributed by atoms with E-state index in [0.717, 1.165) is 0 Å². The Morgan fingerprint density at radius 2 is 1.89 bits per heavy atom. The van der Waals surface area contributed by atoms with Crippen molar-refractivity contribution >= 4 is 11.6 Å². The largest absolute Gasteiger partial charge is 0.459 e. The molecule has 1 amide bonds. The van der Waals surface area contributed by atoms with Crippen molar-refractivity contribution in [2.75, 3.05) is 12.2 Å². The number of rotatable bonds is 4. The van der Waals surface area contributed by atoms with E-state index in [1.807, 2.05) is 24.3 Å². The van der Waals surface area contributed by atoms with Crippen molar-refractivity contribution in [3.05, 3.63) is 54.0 Å². The van der Waals surface area contributed by atoms with Crippen LogP contribution in [-0.2, 0) is 4.84 Å². The molecule has 0 aliphatic carbocycles. The Balaban J connectivity index is 2.24. The highest BCUT2D eigenvalue weighted by atomic mass is 16.7. The van der Waals surface area contributed by atoms with E-state index >= 15 is 0 Å². The van der Waals surface area contributed by atoms with Gasteiger partial charge in [0.1, 0.15) is 0 Å². The minimum Gasteiger partial charge on any atom is -0.459 e. The van der Waals surface area contributed by atoms with Crippen molar-refractivity contribution in [3.8, 4) is 0 Å². The maximum Gasteiger partial charge on any atom is 0.317 e. The smallest absolute Gasteiger partial charge is 0.317 e. The van der Waals surface area contributed by atoms with Crippen molar-refractivity contribution in [1.29, 1.82) is 0 Å². The van der Waals surface area contributed by atoms with Gasteiger partial charge in [0.05, 0.1) is 19.1 Å². The molecule has 0 spiro atoms. The zero-order chi connectivity index (χ0) is 13.8. The van der Waals surface area contributed by atoms with Gasteiger partial charge in [-0.25, -0.2) is 0 Å². The van der Waals surface area contributed by atoms with E-state index in [1.54, 1.807) is 12.1 Å². The van der Waals surface area contributed by atoms with Crippen LogP contribution in [0.4, 0.5) is 5.69 Å². The van der Waals surface area contributed by atoms with Crippen LogP contribution in [0.1, 0.15) is 35.9 Å². The molecule has 0 N–H and O–H groups in total. The molecule has 1 aromatic heterocycles. The van der Waals surface area contributed by atoms with Crippen molar-refractivity contribution in [3.63, 3.8) is 0 Å². The van der Waals surface area contributed by atoms with Gasteiger partial charge in [0.25, 0.3) is 0 Å². The number of nitrogens with zero attached hydrogens (tertiary/aromatic N) is 1. The van der Waals surface area contributed by atoms with Crippen LogP contribution in [0.3, 0.4) is 0 Å². The number of carbonyl (C=O) groups excluding carboxylic acids is 1. The Labute approximate surface area is 112 Å². The normalized spacial score (nSPS) is 10.7. The lowest BCUT2D eigenvalue weighted by molar-refractivity contribution is 0.0745. The molecule has 0 aliphatic rings. The van der Waals surface area contributed by atoms with Crippen LogP contribution in [0.2, 0.25) is 0 Å². The van der Waals surface area contributed by atoms with Crippen LogP contribution < -0.4 is 5.06 Å². The summed E-state index contributed by atoms with van der Waals surface area (Å²) in [6.07, 6.45) is 1.46. The van der Waals surface area contributed by atoms with Crippen LogP contribution in [-0.4, -0.2) is 13.0 Å². The average Bonchev–Trinajstić information content (AvgIpc) is 2.94. The van der Waals surface area contributed by atoms with E-state index in [1.165, 1.54) is 24.0 Å². The quantitative estimate of drug-likeness (QED) is 0.788. The first-order valence-electron chi connectivity index (χ1n) is 6.15. The molecule has 0 unspecified atom stereocenters. The maximum atomic E-state index is 12.2. The van der Waals surface area contributed by atoms with E-state index in [9.17, 15) is 4.79 Å². The molecular weight excluding hydrogens is 242 g/mol. The van der Waals surface area contributed by atoms with Crippen molar-refractivity contribution in [2.24, 2.45) is 0 Å². The summed E-state index contributed by atoms with van der Waals surface area (Å²) >= 11 is 0. The SMILES string of the molecule is CON(C(=O)c1ccco1)c1ccc(C(C)C)cc1. The van der Waals surface area contributed by atoms with Crippen LogP contribution in [0.25, 0.3) is 0 Å². The highest BCUT2D eigenvalue weighted by Crippen LogP contribution is 2.21. The van der Waals surface area contributed by atoms with Crippen LogP contribution >= 0.6 is 0 Å². The van der Waals surface area contributed by atoms with Crippen molar-refractivity contribution < 1.29 is 14.0 Å². The fraction of sp³-hybridized carbons (Fsp3) is 0.267. The second kappa shape index (κ2) is 5.71. The van der Waals surface area contributed by atoms with Gasteiger partial charge in [-0.15, -0.1) is 0 Å². The second-order valence-electron chi connectivity index (χ2n) is 4.51. The van der Waals surface area contributed by atoms with Gasteiger partial charge < -0.3 is 4.42 Å². The topological polar surface area (TPSA) is 42.7 Å². The van der Waals surface area contributed by atoms with E-state index in [0.29, 0.717) is 11.6 Å². The molecular formula is C15H17NO3. The van der Waals surface area contributed by atoms with E-state index in [2.05, 4.69) is 13.8 Å². The summed E-state index contributed by atoms with van der Waals surface area (Å²) in [7, 11) is 1.46. The van der Waals surface area contributed by atoms with Gasteiger partial charge in [-0.1, -0.05) is 26.0 Å². The summed E-state index contributed by atoms with van der Waals surface area (Å²) in [5.74, 6) is 0.366. The average molecular weight is 259 g/mol. The summed E-state index contributed by atoms with van der Waals surface area (Å²) in [6, 6.07) is 11.0. The number of carbonyl (C=O) groups is 1. The fourth-order valence-electron chi connectivity index (χ4n) is 1.80. The molecule has 0 atom stereocenters. The minimum atomic E-state index is -0.329. The lowest BCUT2D eigenvalue weighted by atomic mass is 10.0. The first-order valence-corrected chi connectivity index (χ1v) is 6.15. The van der Waals surface area contributed by atoms with Gasteiger partial charge in [0.15, 0.2) is 5.76 Å². The molecule has 4 heteroatoms. The molecule has 100 valence electrons. The zero-order valence-electron chi connectivity index (χ0n) is 11.3. The predicted octanol–water partition coefficient (Wildman–Crippen LogP) is 3.61.